The maximum Gasteiger partial charge on any atom is 0.416 e. The summed E-state index contributed by atoms with van der Waals surface area (Å²) in [5.41, 5.74) is 0.471. The Hall–Kier alpha value is -1.90. The zero-order valence-corrected chi connectivity index (χ0v) is 17.0. The summed E-state index contributed by atoms with van der Waals surface area (Å²) in [5.74, 6) is 1.28. The summed E-state index contributed by atoms with van der Waals surface area (Å²) in [6, 6.07) is 13.0. The molecular formula is C21H25F3N2O2S. The van der Waals surface area contributed by atoms with E-state index in [2.05, 4.69) is 15.9 Å². The first-order chi connectivity index (χ1) is 13.8. The number of aliphatic hydroxyl groups is 1. The van der Waals surface area contributed by atoms with Crippen LogP contribution in [0.3, 0.4) is 0 Å². The quantitative estimate of drug-likeness (QED) is 0.678. The smallest absolute Gasteiger partial charge is 0.416 e. The molecule has 0 saturated carbocycles. The number of halogens is 3. The Balaban J connectivity index is 1.42. The third-order valence-corrected chi connectivity index (χ3v) is 6.04. The molecule has 1 heterocycles. The number of hydrogen-bond donors (Lipinski definition) is 1. The molecule has 1 N–H and O–H groups in total. The van der Waals surface area contributed by atoms with Gasteiger partial charge in [0, 0.05) is 55.1 Å². The first-order valence-electron chi connectivity index (χ1n) is 9.44. The van der Waals surface area contributed by atoms with E-state index in [1.54, 1.807) is 7.11 Å². The minimum atomic E-state index is -4.32. The van der Waals surface area contributed by atoms with Crippen LogP contribution in [0, 0.1) is 0 Å². The summed E-state index contributed by atoms with van der Waals surface area (Å²) in [5, 5.41) is 10.3. The second-order valence-corrected chi connectivity index (χ2v) is 8.07. The normalized spacial score (nSPS) is 16.7. The van der Waals surface area contributed by atoms with E-state index in [-0.39, 0.29) is 0 Å². The van der Waals surface area contributed by atoms with Crippen molar-refractivity contribution >= 4 is 17.4 Å². The van der Waals surface area contributed by atoms with Gasteiger partial charge in [0.2, 0.25) is 0 Å². The van der Waals surface area contributed by atoms with Gasteiger partial charge in [-0.15, -0.1) is 11.8 Å². The third-order valence-electron chi connectivity index (χ3n) is 4.88. The first kappa shape index (κ1) is 21.8. The van der Waals surface area contributed by atoms with E-state index in [4.69, 9.17) is 4.74 Å². The van der Waals surface area contributed by atoms with Gasteiger partial charge in [0.15, 0.2) is 0 Å². The van der Waals surface area contributed by atoms with Gasteiger partial charge >= 0.3 is 6.18 Å². The number of benzene rings is 2. The molecule has 1 aliphatic rings. The standard InChI is InChI=1S/C21H25F3N2O2S/c1-28-19-4-2-3-17(13-19)26-11-9-25(10-12-26)14-18(27)15-29-20-7-5-16(6-8-20)21(22,23)24/h2-8,13,18,27H,9-12,14-15H2,1H3/t18-/m0/s1. The van der Waals surface area contributed by atoms with Crippen molar-refractivity contribution in [1.82, 2.24) is 4.90 Å². The summed E-state index contributed by atoms with van der Waals surface area (Å²) >= 11 is 1.37. The number of methoxy groups -OCH3 is 1. The van der Waals surface area contributed by atoms with Crippen LogP contribution < -0.4 is 9.64 Å². The molecule has 0 bridgehead atoms. The number of β-amino-alcohol motifs (C(OH)–C–C–N with tert-alkyl or cyclic N) is 1. The van der Waals surface area contributed by atoms with E-state index >= 15 is 0 Å². The molecule has 8 heteroatoms. The predicted octanol–water partition coefficient (Wildman–Crippen LogP) is 3.99. The highest BCUT2D eigenvalue weighted by Gasteiger charge is 2.30. The minimum Gasteiger partial charge on any atom is -0.497 e. The zero-order chi connectivity index (χ0) is 20.9. The average Bonchev–Trinajstić information content (AvgIpc) is 2.72. The number of alkyl halides is 3. The molecular weight excluding hydrogens is 401 g/mol. The maximum atomic E-state index is 12.6. The number of ether oxygens (including phenoxy) is 1. The molecule has 0 spiro atoms. The van der Waals surface area contributed by atoms with Gasteiger partial charge in [-0.2, -0.15) is 13.2 Å². The molecule has 0 radical (unpaired) electrons. The van der Waals surface area contributed by atoms with Gasteiger partial charge in [-0.1, -0.05) is 6.07 Å². The SMILES string of the molecule is COc1cccc(N2CCN(C[C@H](O)CSc3ccc(C(F)(F)F)cc3)CC2)c1. The van der Waals surface area contributed by atoms with Crippen LogP contribution in [0.1, 0.15) is 5.56 Å². The molecule has 0 unspecified atom stereocenters. The van der Waals surface area contributed by atoms with Crippen LogP contribution in [0.4, 0.5) is 18.9 Å². The lowest BCUT2D eigenvalue weighted by atomic mass is 10.2. The van der Waals surface area contributed by atoms with Crippen molar-refractivity contribution in [1.29, 1.82) is 0 Å². The van der Waals surface area contributed by atoms with E-state index in [1.165, 1.54) is 23.9 Å². The molecule has 2 aromatic carbocycles. The topological polar surface area (TPSA) is 35.9 Å². The molecule has 1 atom stereocenters. The monoisotopic (exact) mass is 426 g/mol. The summed E-state index contributed by atoms with van der Waals surface area (Å²) in [7, 11) is 1.65. The Kier molecular flexibility index (Phi) is 7.32. The summed E-state index contributed by atoms with van der Waals surface area (Å²) in [6.45, 7) is 3.98. The Bertz CT molecular complexity index is 778. The van der Waals surface area contributed by atoms with Gasteiger partial charge in [-0.25, -0.2) is 0 Å². The van der Waals surface area contributed by atoms with Crippen molar-refractivity contribution < 1.29 is 23.0 Å². The third kappa shape index (κ3) is 6.29. The van der Waals surface area contributed by atoms with Crippen molar-refractivity contribution in [3.63, 3.8) is 0 Å². The summed E-state index contributed by atoms with van der Waals surface area (Å²) in [6.07, 6.45) is -4.86. The van der Waals surface area contributed by atoms with Crippen molar-refractivity contribution in [3.8, 4) is 5.75 Å². The van der Waals surface area contributed by atoms with Gasteiger partial charge in [-0.05, 0) is 36.4 Å². The van der Waals surface area contributed by atoms with E-state index in [9.17, 15) is 18.3 Å². The Morgan fingerprint density at radius 3 is 2.38 bits per heavy atom. The molecule has 1 saturated heterocycles. The van der Waals surface area contributed by atoms with E-state index in [1.807, 2.05) is 18.2 Å². The number of nitrogens with zero attached hydrogens (tertiary/aromatic N) is 2. The molecule has 158 valence electrons. The lowest BCUT2D eigenvalue weighted by molar-refractivity contribution is -0.137. The van der Waals surface area contributed by atoms with Crippen molar-refractivity contribution in [2.45, 2.75) is 17.2 Å². The first-order valence-corrected chi connectivity index (χ1v) is 10.4. The van der Waals surface area contributed by atoms with E-state index in [0.29, 0.717) is 12.3 Å². The van der Waals surface area contributed by atoms with Crippen LogP contribution >= 0.6 is 11.8 Å². The van der Waals surface area contributed by atoms with E-state index in [0.717, 1.165) is 54.6 Å². The highest BCUT2D eigenvalue weighted by Crippen LogP contribution is 2.31. The van der Waals surface area contributed by atoms with Crippen molar-refractivity contribution in [2.24, 2.45) is 0 Å². The van der Waals surface area contributed by atoms with Gasteiger partial charge in [0.25, 0.3) is 0 Å². The van der Waals surface area contributed by atoms with E-state index < -0.39 is 17.8 Å². The molecule has 0 aromatic heterocycles. The van der Waals surface area contributed by atoms with Gasteiger partial charge in [-0.3, -0.25) is 4.90 Å². The molecule has 29 heavy (non-hydrogen) atoms. The van der Waals surface area contributed by atoms with Crippen LogP contribution in [0.5, 0.6) is 5.75 Å². The van der Waals surface area contributed by atoms with Gasteiger partial charge < -0.3 is 14.7 Å². The van der Waals surface area contributed by atoms with Crippen LogP contribution in [0.15, 0.2) is 53.4 Å². The Labute approximate surface area is 173 Å². The second kappa shape index (κ2) is 9.73. The molecule has 3 rings (SSSR count). The van der Waals surface area contributed by atoms with Gasteiger partial charge in [0.05, 0.1) is 18.8 Å². The Morgan fingerprint density at radius 2 is 1.76 bits per heavy atom. The summed E-state index contributed by atoms with van der Waals surface area (Å²) in [4.78, 5) is 5.23. The number of rotatable bonds is 7. The largest absolute Gasteiger partial charge is 0.497 e. The number of piperazine rings is 1. The highest BCUT2D eigenvalue weighted by molar-refractivity contribution is 7.99. The fourth-order valence-corrected chi connectivity index (χ4v) is 4.10. The fourth-order valence-electron chi connectivity index (χ4n) is 3.28. The van der Waals surface area contributed by atoms with Crippen LogP contribution in [0.25, 0.3) is 0 Å². The lowest BCUT2D eigenvalue weighted by Crippen LogP contribution is -2.48. The minimum absolute atomic E-state index is 0.446. The number of hydrogen-bond acceptors (Lipinski definition) is 5. The van der Waals surface area contributed by atoms with Crippen LogP contribution in [-0.4, -0.2) is 61.7 Å². The molecule has 0 amide bonds. The molecule has 2 aromatic rings. The highest BCUT2D eigenvalue weighted by atomic mass is 32.2. The zero-order valence-electron chi connectivity index (χ0n) is 16.2. The van der Waals surface area contributed by atoms with Crippen molar-refractivity contribution in [2.75, 3.05) is 50.5 Å². The second-order valence-electron chi connectivity index (χ2n) is 6.98. The maximum absolute atomic E-state index is 12.6. The molecule has 1 aliphatic heterocycles. The number of thioether (sulfide) groups is 1. The van der Waals surface area contributed by atoms with Crippen LogP contribution in [0.2, 0.25) is 0 Å². The number of aliphatic hydroxyl groups excluding tert-OH is 1. The predicted molar refractivity (Wildman–Crippen MR) is 110 cm³/mol. The molecule has 1 fully saturated rings. The molecule has 0 aliphatic carbocycles. The summed E-state index contributed by atoms with van der Waals surface area (Å²) < 4.78 is 43.1. The average molecular weight is 427 g/mol. The fraction of sp³-hybridized carbons (Fsp3) is 0.429. The van der Waals surface area contributed by atoms with Crippen LogP contribution in [-0.2, 0) is 6.18 Å². The molecule has 4 nitrogen and oxygen atoms in total. The van der Waals surface area contributed by atoms with Crippen molar-refractivity contribution in [3.05, 3.63) is 54.1 Å². The Morgan fingerprint density at radius 1 is 1.07 bits per heavy atom. The van der Waals surface area contributed by atoms with Gasteiger partial charge in [0.1, 0.15) is 5.75 Å². The lowest BCUT2D eigenvalue weighted by Gasteiger charge is -2.37. The number of anilines is 1.